The van der Waals surface area contributed by atoms with Crippen molar-refractivity contribution < 1.29 is 14.3 Å². The fraction of sp³-hybridized carbons (Fsp3) is 0.462. The van der Waals surface area contributed by atoms with Crippen LogP contribution in [0, 0.1) is 0 Å². The van der Waals surface area contributed by atoms with Crippen LogP contribution in [0.25, 0.3) is 0 Å². The fourth-order valence-electron chi connectivity index (χ4n) is 2.10. The lowest BCUT2D eigenvalue weighted by Gasteiger charge is -2.04. The van der Waals surface area contributed by atoms with Gasteiger partial charge >= 0.3 is 5.97 Å². The van der Waals surface area contributed by atoms with Crippen LogP contribution in [0.1, 0.15) is 41.8 Å². The smallest absolute Gasteiger partial charge is 0.372 e. The Morgan fingerprint density at radius 3 is 3.12 bits per heavy atom. The molecule has 17 heavy (non-hydrogen) atoms. The molecule has 0 amide bonds. The van der Waals surface area contributed by atoms with Crippen LogP contribution in [-0.2, 0) is 6.54 Å². The highest BCUT2D eigenvalue weighted by Gasteiger charge is 2.13. The van der Waals surface area contributed by atoms with Crippen molar-refractivity contribution in [3.63, 3.8) is 0 Å². The molecule has 92 valence electrons. The molecule has 0 unspecified atom stereocenters. The summed E-state index contributed by atoms with van der Waals surface area (Å²) in [6.07, 6.45) is 8.48. The van der Waals surface area contributed by atoms with Crippen molar-refractivity contribution >= 4 is 5.97 Å². The highest BCUT2D eigenvalue weighted by molar-refractivity contribution is 5.86. The number of nitrogens with one attached hydrogen (secondary N) is 1. The SMILES string of the molecule is O=C(O)c1occc1CNCCC1=CCCC1. The number of hydrogen-bond donors (Lipinski definition) is 2. The lowest BCUT2D eigenvalue weighted by atomic mass is 10.1. The van der Waals surface area contributed by atoms with Gasteiger partial charge in [0, 0.05) is 12.1 Å². The van der Waals surface area contributed by atoms with E-state index in [-0.39, 0.29) is 5.76 Å². The van der Waals surface area contributed by atoms with E-state index >= 15 is 0 Å². The van der Waals surface area contributed by atoms with Crippen molar-refractivity contribution in [3.8, 4) is 0 Å². The number of allylic oxidation sites excluding steroid dienone is 1. The molecule has 0 saturated carbocycles. The third kappa shape index (κ3) is 3.20. The first-order valence-electron chi connectivity index (χ1n) is 5.95. The fourth-order valence-corrected chi connectivity index (χ4v) is 2.10. The summed E-state index contributed by atoms with van der Waals surface area (Å²) in [5, 5.41) is 12.1. The molecule has 0 bridgehead atoms. The summed E-state index contributed by atoms with van der Waals surface area (Å²) in [5.74, 6) is -0.970. The molecule has 0 radical (unpaired) electrons. The quantitative estimate of drug-likeness (QED) is 0.587. The van der Waals surface area contributed by atoms with E-state index in [1.807, 2.05) is 0 Å². The Morgan fingerprint density at radius 1 is 1.53 bits per heavy atom. The summed E-state index contributed by atoms with van der Waals surface area (Å²) in [6.45, 7) is 1.43. The summed E-state index contributed by atoms with van der Waals surface area (Å²) in [7, 11) is 0. The van der Waals surface area contributed by atoms with Crippen molar-refractivity contribution in [1.29, 1.82) is 0 Å². The predicted octanol–water partition coefficient (Wildman–Crippen LogP) is 2.57. The molecule has 0 aliphatic heterocycles. The van der Waals surface area contributed by atoms with Gasteiger partial charge < -0.3 is 14.8 Å². The summed E-state index contributed by atoms with van der Waals surface area (Å²) in [6, 6.07) is 1.70. The molecule has 0 aromatic carbocycles. The molecule has 0 atom stereocenters. The first kappa shape index (κ1) is 11.9. The molecule has 1 heterocycles. The zero-order valence-electron chi connectivity index (χ0n) is 9.74. The Hall–Kier alpha value is -1.55. The monoisotopic (exact) mass is 235 g/mol. The second-order valence-electron chi connectivity index (χ2n) is 4.26. The number of carboxylic acids is 1. The zero-order chi connectivity index (χ0) is 12.1. The van der Waals surface area contributed by atoms with Crippen LogP contribution in [0.5, 0.6) is 0 Å². The van der Waals surface area contributed by atoms with Gasteiger partial charge in [0.15, 0.2) is 0 Å². The number of rotatable bonds is 6. The molecule has 4 nitrogen and oxygen atoms in total. The summed E-state index contributed by atoms with van der Waals surface area (Å²) < 4.78 is 4.91. The number of carboxylic acid groups (broad SMARTS) is 1. The molecule has 2 N–H and O–H groups in total. The van der Waals surface area contributed by atoms with Crippen molar-refractivity contribution in [1.82, 2.24) is 5.32 Å². The summed E-state index contributed by atoms with van der Waals surface area (Å²) in [4.78, 5) is 10.8. The van der Waals surface area contributed by atoms with E-state index in [0.717, 1.165) is 13.0 Å². The van der Waals surface area contributed by atoms with Crippen molar-refractivity contribution in [2.75, 3.05) is 6.54 Å². The Labute approximate surface area is 100 Å². The summed E-state index contributed by atoms with van der Waals surface area (Å²) in [5.41, 5.74) is 2.22. The first-order chi connectivity index (χ1) is 8.27. The number of hydrogen-bond acceptors (Lipinski definition) is 3. The third-order valence-corrected chi connectivity index (χ3v) is 3.01. The first-order valence-corrected chi connectivity index (χ1v) is 5.95. The normalized spacial score (nSPS) is 14.9. The standard InChI is InChI=1S/C13H17NO3/c15-13(16)12-11(6-8-17-12)9-14-7-5-10-3-1-2-4-10/h3,6,8,14H,1-2,4-5,7,9H2,(H,15,16). The molecule has 0 saturated heterocycles. The van der Waals surface area contributed by atoms with E-state index in [4.69, 9.17) is 9.52 Å². The zero-order valence-corrected chi connectivity index (χ0v) is 9.74. The topological polar surface area (TPSA) is 62.5 Å². The largest absolute Gasteiger partial charge is 0.475 e. The highest BCUT2D eigenvalue weighted by Crippen LogP contribution is 2.19. The predicted molar refractivity (Wildman–Crippen MR) is 63.9 cm³/mol. The number of carbonyl (C=O) groups is 1. The van der Waals surface area contributed by atoms with Crippen LogP contribution < -0.4 is 5.32 Å². The van der Waals surface area contributed by atoms with Gasteiger partial charge in [-0.2, -0.15) is 0 Å². The second-order valence-corrected chi connectivity index (χ2v) is 4.26. The molecule has 1 aliphatic carbocycles. The number of furan rings is 1. The van der Waals surface area contributed by atoms with Crippen LogP contribution in [0.3, 0.4) is 0 Å². The Bertz CT molecular complexity index is 420. The maximum absolute atomic E-state index is 10.8. The van der Waals surface area contributed by atoms with Gasteiger partial charge in [-0.1, -0.05) is 11.6 Å². The number of aromatic carboxylic acids is 1. The molecule has 2 rings (SSSR count). The molecule has 1 aliphatic rings. The van der Waals surface area contributed by atoms with Gasteiger partial charge in [-0.25, -0.2) is 4.79 Å². The lowest BCUT2D eigenvalue weighted by Crippen LogP contribution is -2.16. The highest BCUT2D eigenvalue weighted by atomic mass is 16.4. The van der Waals surface area contributed by atoms with Crippen LogP contribution in [-0.4, -0.2) is 17.6 Å². The maximum Gasteiger partial charge on any atom is 0.372 e. The molecule has 0 fully saturated rings. The van der Waals surface area contributed by atoms with Crippen LogP contribution in [0.15, 0.2) is 28.4 Å². The molecular formula is C13H17NO3. The van der Waals surface area contributed by atoms with E-state index in [0.29, 0.717) is 12.1 Å². The Kier molecular flexibility index (Phi) is 3.98. The second kappa shape index (κ2) is 5.68. The van der Waals surface area contributed by atoms with Gasteiger partial charge in [-0.15, -0.1) is 0 Å². The summed E-state index contributed by atoms with van der Waals surface area (Å²) >= 11 is 0. The maximum atomic E-state index is 10.8. The minimum atomic E-state index is -1.01. The van der Waals surface area contributed by atoms with Gasteiger partial charge in [0.1, 0.15) is 0 Å². The molecule has 1 aromatic rings. The average Bonchev–Trinajstić information content (AvgIpc) is 2.95. The van der Waals surface area contributed by atoms with Crippen molar-refractivity contribution in [2.24, 2.45) is 0 Å². The van der Waals surface area contributed by atoms with Gasteiger partial charge in [0.2, 0.25) is 5.76 Å². The minimum Gasteiger partial charge on any atom is -0.475 e. The van der Waals surface area contributed by atoms with E-state index in [1.165, 1.54) is 31.1 Å². The van der Waals surface area contributed by atoms with E-state index in [9.17, 15) is 4.79 Å². The van der Waals surface area contributed by atoms with Crippen molar-refractivity contribution in [2.45, 2.75) is 32.2 Å². The molecular weight excluding hydrogens is 218 g/mol. The van der Waals surface area contributed by atoms with E-state index < -0.39 is 5.97 Å². The van der Waals surface area contributed by atoms with E-state index in [2.05, 4.69) is 11.4 Å². The minimum absolute atomic E-state index is 0.0394. The molecule has 1 aromatic heterocycles. The Balaban J connectivity index is 1.74. The third-order valence-electron chi connectivity index (χ3n) is 3.01. The van der Waals surface area contributed by atoms with Gasteiger partial charge in [-0.05, 0) is 38.3 Å². The van der Waals surface area contributed by atoms with Crippen LogP contribution >= 0.6 is 0 Å². The lowest BCUT2D eigenvalue weighted by molar-refractivity contribution is 0.0660. The molecule has 0 spiro atoms. The van der Waals surface area contributed by atoms with E-state index in [1.54, 1.807) is 6.07 Å². The van der Waals surface area contributed by atoms with Crippen LogP contribution in [0.2, 0.25) is 0 Å². The van der Waals surface area contributed by atoms with Gasteiger partial charge in [0.25, 0.3) is 0 Å². The average molecular weight is 235 g/mol. The van der Waals surface area contributed by atoms with Crippen LogP contribution in [0.4, 0.5) is 0 Å². The molecule has 4 heteroatoms. The van der Waals surface area contributed by atoms with Gasteiger partial charge in [-0.3, -0.25) is 0 Å². The Morgan fingerprint density at radius 2 is 2.41 bits per heavy atom. The van der Waals surface area contributed by atoms with Gasteiger partial charge in [0.05, 0.1) is 6.26 Å². The van der Waals surface area contributed by atoms with Crippen molar-refractivity contribution in [3.05, 3.63) is 35.3 Å².